The van der Waals surface area contributed by atoms with Crippen molar-refractivity contribution >= 4 is 11.8 Å². The topological polar surface area (TPSA) is 81.7 Å². The molecule has 0 unspecified atom stereocenters. The van der Waals surface area contributed by atoms with E-state index in [9.17, 15) is 27.9 Å². The van der Waals surface area contributed by atoms with Crippen LogP contribution in [0.2, 0.25) is 0 Å². The smallest absolute Gasteiger partial charge is 0.390 e. The van der Waals surface area contributed by atoms with Gasteiger partial charge in [-0.3, -0.25) is 14.5 Å². The van der Waals surface area contributed by atoms with Crippen LogP contribution in [-0.2, 0) is 11.0 Å². The molecule has 2 atom stereocenters. The zero-order chi connectivity index (χ0) is 25.9. The maximum Gasteiger partial charge on any atom is 0.416 e. The van der Waals surface area contributed by atoms with Gasteiger partial charge in [-0.2, -0.15) is 13.2 Å². The molecule has 0 aromatic heterocycles. The number of aryl methyl sites for hydroxylation is 1. The normalized spacial score (nSPS) is 24.9. The average Bonchev–Trinajstić information content (AvgIpc) is 3.22. The Balaban J connectivity index is 1.23. The highest BCUT2D eigenvalue weighted by atomic mass is 19.4. The summed E-state index contributed by atoms with van der Waals surface area (Å²) >= 11 is 0. The van der Waals surface area contributed by atoms with Crippen LogP contribution in [0.3, 0.4) is 0 Å². The molecule has 1 saturated carbocycles. The lowest BCUT2D eigenvalue weighted by atomic mass is 9.81. The van der Waals surface area contributed by atoms with Crippen LogP contribution < -0.4 is 10.6 Å². The SMILES string of the molecule is Cc1cccc(C2CCC(N3C[C@@H](O)[C@@H](NC(=O)CNC(=O)c4cccc(C(F)(F)F)c4)C3)CC2)c1. The molecule has 2 aromatic carbocycles. The number of alkyl halides is 3. The van der Waals surface area contributed by atoms with Gasteiger partial charge >= 0.3 is 6.18 Å². The van der Waals surface area contributed by atoms with Crippen LogP contribution in [-0.4, -0.2) is 59.6 Å². The summed E-state index contributed by atoms with van der Waals surface area (Å²) in [5.74, 6) is -0.718. The number of aliphatic hydroxyl groups is 1. The number of carbonyl (C=O) groups is 2. The second-order valence-corrected chi connectivity index (χ2v) is 9.88. The number of nitrogens with zero attached hydrogens (tertiary/aromatic N) is 1. The number of β-amino-alcohol motifs (C(OH)–C–C–N with tert-alkyl or cyclic N) is 1. The summed E-state index contributed by atoms with van der Waals surface area (Å²) < 4.78 is 38.6. The lowest BCUT2D eigenvalue weighted by Crippen LogP contribution is -2.47. The van der Waals surface area contributed by atoms with Crippen molar-refractivity contribution in [1.82, 2.24) is 15.5 Å². The van der Waals surface area contributed by atoms with E-state index in [1.54, 1.807) is 0 Å². The Morgan fingerprint density at radius 1 is 1.03 bits per heavy atom. The Morgan fingerprint density at radius 3 is 2.44 bits per heavy atom. The highest BCUT2D eigenvalue weighted by Gasteiger charge is 2.37. The molecule has 9 heteroatoms. The van der Waals surface area contributed by atoms with Crippen LogP contribution in [0.25, 0.3) is 0 Å². The number of rotatable bonds is 6. The monoisotopic (exact) mass is 503 g/mol. The maximum absolute atomic E-state index is 12.9. The summed E-state index contributed by atoms with van der Waals surface area (Å²) in [5.41, 5.74) is 1.54. The standard InChI is InChI=1S/C27H32F3N3O3/c1-17-4-2-5-19(12-17)18-8-10-22(11-9-18)33-15-23(24(34)16-33)32-25(35)14-31-26(36)20-6-3-7-21(13-20)27(28,29)30/h2-7,12-13,18,22-24,34H,8-11,14-16H2,1H3,(H,31,36)(H,32,35)/t18?,22?,23-,24+/m0/s1. The predicted molar refractivity (Wildman–Crippen MR) is 129 cm³/mol. The van der Waals surface area contributed by atoms with Crippen molar-refractivity contribution in [3.05, 3.63) is 70.8 Å². The number of aliphatic hydroxyl groups excluding tert-OH is 1. The van der Waals surface area contributed by atoms with E-state index < -0.39 is 35.7 Å². The fourth-order valence-corrected chi connectivity index (χ4v) is 5.31. The molecule has 0 bridgehead atoms. The third-order valence-electron chi connectivity index (χ3n) is 7.25. The summed E-state index contributed by atoms with van der Waals surface area (Å²) in [6, 6.07) is 12.6. The molecule has 2 aliphatic rings. The van der Waals surface area contributed by atoms with Crippen molar-refractivity contribution in [2.45, 2.75) is 62.9 Å². The third kappa shape index (κ3) is 6.44. The number of carbonyl (C=O) groups excluding carboxylic acids is 2. The van der Waals surface area contributed by atoms with Crippen molar-refractivity contribution in [1.29, 1.82) is 0 Å². The van der Waals surface area contributed by atoms with Crippen LogP contribution in [0.4, 0.5) is 13.2 Å². The molecule has 1 aliphatic carbocycles. The number of nitrogens with one attached hydrogen (secondary N) is 2. The van der Waals surface area contributed by atoms with Crippen molar-refractivity contribution in [3.8, 4) is 0 Å². The molecule has 1 aliphatic heterocycles. The lowest BCUT2D eigenvalue weighted by molar-refractivity contribution is -0.137. The summed E-state index contributed by atoms with van der Waals surface area (Å²) in [4.78, 5) is 26.8. The van der Waals surface area contributed by atoms with Gasteiger partial charge in [0, 0.05) is 24.7 Å². The summed E-state index contributed by atoms with van der Waals surface area (Å²) in [7, 11) is 0. The first-order valence-electron chi connectivity index (χ1n) is 12.3. The molecule has 1 saturated heterocycles. The van der Waals surface area contributed by atoms with Crippen LogP contribution in [0, 0.1) is 6.92 Å². The molecular weight excluding hydrogens is 471 g/mol. The maximum atomic E-state index is 12.9. The van der Waals surface area contributed by atoms with Crippen LogP contribution in [0.5, 0.6) is 0 Å². The fraction of sp³-hybridized carbons (Fsp3) is 0.481. The van der Waals surface area contributed by atoms with Gasteiger partial charge in [-0.05, 0) is 62.3 Å². The van der Waals surface area contributed by atoms with Gasteiger partial charge in [0.2, 0.25) is 5.91 Å². The number of amides is 2. The lowest BCUT2D eigenvalue weighted by Gasteiger charge is -2.35. The minimum Gasteiger partial charge on any atom is -0.390 e. The Bertz CT molecular complexity index is 1080. The van der Waals surface area contributed by atoms with E-state index in [2.05, 4.69) is 46.7 Å². The summed E-state index contributed by atoms with van der Waals surface area (Å²) in [6.45, 7) is 2.71. The highest BCUT2D eigenvalue weighted by Crippen LogP contribution is 2.36. The van der Waals surface area contributed by atoms with Crippen LogP contribution >= 0.6 is 0 Å². The molecule has 2 fully saturated rings. The van der Waals surface area contributed by atoms with Gasteiger partial charge in [0.05, 0.1) is 24.3 Å². The molecule has 4 rings (SSSR count). The van der Waals surface area contributed by atoms with E-state index in [1.165, 1.54) is 17.2 Å². The molecule has 0 radical (unpaired) electrons. The Labute approximate surface area is 208 Å². The average molecular weight is 504 g/mol. The molecule has 6 nitrogen and oxygen atoms in total. The van der Waals surface area contributed by atoms with Gasteiger partial charge in [-0.1, -0.05) is 35.9 Å². The highest BCUT2D eigenvalue weighted by molar-refractivity contribution is 5.96. The first-order valence-corrected chi connectivity index (χ1v) is 12.3. The van der Waals surface area contributed by atoms with Crippen molar-refractivity contribution in [3.63, 3.8) is 0 Å². The van der Waals surface area contributed by atoms with E-state index >= 15 is 0 Å². The first-order chi connectivity index (χ1) is 17.1. The van der Waals surface area contributed by atoms with E-state index in [-0.39, 0.29) is 12.1 Å². The van der Waals surface area contributed by atoms with Crippen molar-refractivity contribution in [2.75, 3.05) is 19.6 Å². The number of benzene rings is 2. The number of likely N-dealkylation sites (tertiary alicyclic amines) is 1. The van der Waals surface area contributed by atoms with Gasteiger partial charge in [0.15, 0.2) is 0 Å². The quantitative estimate of drug-likeness (QED) is 0.563. The van der Waals surface area contributed by atoms with Gasteiger partial charge < -0.3 is 15.7 Å². The third-order valence-corrected chi connectivity index (χ3v) is 7.25. The Hall–Kier alpha value is -2.91. The Morgan fingerprint density at radius 2 is 1.75 bits per heavy atom. The number of hydrogen-bond acceptors (Lipinski definition) is 4. The molecule has 2 aromatic rings. The second kappa shape index (κ2) is 11.0. The molecule has 0 spiro atoms. The Kier molecular flexibility index (Phi) is 8.00. The van der Waals surface area contributed by atoms with Gasteiger partial charge in [-0.15, -0.1) is 0 Å². The van der Waals surface area contributed by atoms with Crippen LogP contribution in [0.15, 0.2) is 48.5 Å². The van der Waals surface area contributed by atoms with Crippen molar-refractivity contribution < 1.29 is 27.9 Å². The largest absolute Gasteiger partial charge is 0.416 e. The first kappa shape index (κ1) is 26.2. The fourth-order valence-electron chi connectivity index (χ4n) is 5.31. The molecule has 36 heavy (non-hydrogen) atoms. The molecule has 3 N–H and O–H groups in total. The molecule has 2 amide bonds. The summed E-state index contributed by atoms with van der Waals surface area (Å²) in [5, 5.41) is 15.6. The number of hydrogen-bond donors (Lipinski definition) is 3. The molecular formula is C27H32F3N3O3. The van der Waals surface area contributed by atoms with E-state index in [0.717, 1.165) is 43.9 Å². The predicted octanol–water partition coefficient (Wildman–Crippen LogP) is 3.63. The second-order valence-electron chi connectivity index (χ2n) is 9.88. The minimum atomic E-state index is -4.56. The zero-order valence-corrected chi connectivity index (χ0v) is 20.2. The van der Waals surface area contributed by atoms with Crippen LogP contribution in [0.1, 0.15) is 58.6 Å². The minimum absolute atomic E-state index is 0.175. The van der Waals surface area contributed by atoms with E-state index in [1.807, 2.05) is 0 Å². The molecule has 194 valence electrons. The number of halogens is 3. The van der Waals surface area contributed by atoms with Gasteiger partial charge in [0.1, 0.15) is 0 Å². The van der Waals surface area contributed by atoms with Gasteiger partial charge in [-0.25, -0.2) is 0 Å². The van der Waals surface area contributed by atoms with Gasteiger partial charge in [0.25, 0.3) is 5.91 Å². The van der Waals surface area contributed by atoms with Crippen molar-refractivity contribution in [2.24, 2.45) is 0 Å². The molecule has 1 heterocycles. The van der Waals surface area contributed by atoms with E-state index in [0.29, 0.717) is 25.0 Å². The summed E-state index contributed by atoms with van der Waals surface area (Å²) in [6.07, 6.45) is -1.06. The zero-order valence-electron chi connectivity index (χ0n) is 20.2. The van der Waals surface area contributed by atoms with E-state index in [4.69, 9.17) is 0 Å².